The molecule has 1 spiro atoms. The summed E-state index contributed by atoms with van der Waals surface area (Å²) in [6, 6.07) is 13.3. The number of hydrogen-bond acceptors (Lipinski definition) is 6. The van der Waals surface area contributed by atoms with Crippen molar-refractivity contribution < 1.29 is 24.2 Å². The molecule has 202 valence electrons. The highest BCUT2D eigenvalue weighted by Crippen LogP contribution is 2.67. The smallest absolute Gasteiger partial charge is 0.248 e. The number of nitrogens with zero attached hydrogens (tertiary/aromatic N) is 1. The Kier molecular flexibility index (Phi) is 7.96. The summed E-state index contributed by atoms with van der Waals surface area (Å²) in [6.07, 6.45) is 0.904. The van der Waals surface area contributed by atoms with Crippen LogP contribution in [0, 0.1) is 11.8 Å². The van der Waals surface area contributed by atoms with Crippen molar-refractivity contribution in [2.75, 3.05) is 30.4 Å². The van der Waals surface area contributed by atoms with Crippen molar-refractivity contribution in [2.45, 2.75) is 40.6 Å². The van der Waals surface area contributed by atoms with Crippen molar-refractivity contribution in [3.05, 3.63) is 53.6 Å². The van der Waals surface area contributed by atoms with Crippen molar-refractivity contribution in [1.82, 2.24) is 4.90 Å². The Balaban J connectivity index is 1.45. The number of benzene rings is 2. The summed E-state index contributed by atoms with van der Waals surface area (Å²) in [5.74, 6) is -1.38. The molecule has 8 nitrogen and oxygen atoms in total. The Morgan fingerprint density at radius 2 is 1.92 bits per heavy atom. The number of thioether (sulfide) groups is 1. The molecule has 3 unspecified atom stereocenters. The molecule has 0 radical (unpaired) electrons. The van der Waals surface area contributed by atoms with E-state index in [4.69, 9.17) is 16.3 Å². The fraction of sp³-hybridized carbons (Fsp3) is 0.444. The molecule has 3 aliphatic heterocycles. The molecule has 2 bridgehead atoms. The van der Waals surface area contributed by atoms with Gasteiger partial charge in [-0.05, 0) is 56.2 Å². The number of carbonyl (C=O) groups is 3. The zero-order valence-electron chi connectivity index (χ0n) is 20.7. The van der Waals surface area contributed by atoms with Gasteiger partial charge in [-0.3, -0.25) is 14.4 Å². The Morgan fingerprint density at radius 3 is 2.61 bits per heavy atom. The molecule has 3 aliphatic rings. The number of ether oxygens (including phenoxy) is 1. The number of aliphatic hydroxyl groups excluding tert-OH is 1. The summed E-state index contributed by atoms with van der Waals surface area (Å²) >= 11 is 11.6. The van der Waals surface area contributed by atoms with E-state index < -0.39 is 22.6 Å². The lowest BCUT2D eigenvalue weighted by Gasteiger charge is -2.35. The molecule has 0 aliphatic carbocycles. The lowest BCUT2D eigenvalue weighted by Crippen LogP contribution is -2.52. The van der Waals surface area contributed by atoms with Gasteiger partial charge in [-0.25, -0.2) is 0 Å². The number of nitrogens with one attached hydrogen (secondary N) is 2. The van der Waals surface area contributed by atoms with E-state index >= 15 is 0 Å². The molecule has 0 saturated carbocycles. The van der Waals surface area contributed by atoms with Crippen LogP contribution in [0.15, 0.2) is 48.5 Å². The van der Waals surface area contributed by atoms with Crippen molar-refractivity contribution in [3.8, 4) is 5.75 Å². The monoisotopic (exact) mass is 621 g/mol. The summed E-state index contributed by atoms with van der Waals surface area (Å²) < 4.78 is 4.70. The van der Waals surface area contributed by atoms with Crippen LogP contribution in [0.5, 0.6) is 5.75 Å². The minimum absolute atomic E-state index is 0.0407. The number of hydrogen-bond donors (Lipinski definition) is 3. The number of aliphatic hydroxyl groups is 1. The van der Waals surface area contributed by atoms with Crippen LogP contribution >= 0.6 is 39.3 Å². The van der Waals surface area contributed by atoms with E-state index in [-0.39, 0.29) is 41.0 Å². The molecular formula is C27H29BrClN3O5S. The summed E-state index contributed by atoms with van der Waals surface area (Å²) in [5, 5.41) is 15.6. The van der Waals surface area contributed by atoms with Crippen LogP contribution in [0.1, 0.15) is 19.8 Å². The van der Waals surface area contributed by atoms with Crippen LogP contribution in [0.25, 0.3) is 0 Å². The van der Waals surface area contributed by atoms with Crippen LogP contribution < -0.4 is 15.4 Å². The highest BCUT2D eigenvalue weighted by molar-refractivity contribution is 9.09. The molecule has 11 heteroatoms. The maximum absolute atomic E-state index is 13.9. The highest BCUT2D eigenvalue weighted by Gasteiger charge is 2.75. The minimum Gasteiger partial charge on any atom is -0.494 e. The van der Waals surface area contributed by atoms with E-state index in [1.54, 1.807) is 65.2 Å². The Hall–Kier alpha value is -2.27. The first-order chi connectivity index (χ1) is 18.3. The number of amides is 3. The number of para-hydroxylation sites is 1. The number of rotatable bonds is 9. The molecule has 5 rings (SSSR count). The van der Waals surface area contributed by atoms with Gasteiger partial charge in [0.2, 0.25) is 17.7 Å². The maximum atomic E-state index is 13.9. The minimum atomic E-state index is -0.804. The number of likely N-dealkylation sites (tertiary alicyclic amines) is 1. The Labute approximate surface area is 238 Å². The molecule has 0 aromatic heterocycles. The predicted octanol–water partition coefficient (Wildman–Crippen LogP) is 4.16. The Bertz CT molecular complexity index is 1230. The number of anilines is 2. The number of alkyl halides is 1. The number of carbonyl (C=O) groups excluding carboxylic acids is 3. The van der Waals surface area contributed by atoms with Gasteiger partial charge >= 0.3 is 0 Å². The second-order valence-electron chi connectivity index (χ2n) is 9.69. The van der Waals surface area contributed by atoms with Gasteiger partial charge < -0.3 is 25.4 Å². The van der Waals surface area contributed by atoms with Gasteiger partial charge in [-0.15, -0.1) is 11.8 Å². The normalized spacial score (nSPS) is 29.3. The van der Waals surface area contributed by atoms with Crippen LogP contribution in [-0.2, 0) is 14.4 Å². The molecule has 3 amide bonds. The van der Waals surface area contributed by atoms with Crippen LogP contribution in [-0.4, -0.2) is 68.4 Å². The van der Waals surface area contributed by atoms with E-state index in [0.717, 1.165) is 0 Å². The fourth-order valence-corrected chi connectivity index (χ4v) is 9.80. The summed E-state index contributed by atoms with van der Waals surface area (Å²) in [4.78, 5) is 42.9. The molecular weight excluding hydrogens is 594 g/mol. The van der Waals surface area contributed by atoms with E-state index in [9.17, 15) is 19.5 Å². The van der Waals surface area contributed by atoms with Gasteiger partial charge in [-0.2, -0.15) is 0 Å². The molecule has 3 heterocycles. The number of fused-ring (bicyclic) bond motifs is 1. The molecule has 3 N–H and O–H groups in total. The zero-order chi connectivity index (χ0) is 27.0. The van der Waals surface area contributed by atoms with Gasteiger partial charge in [0.05, 0.1) is 33.9 Å². The average Bonchev–Trinajstić information content (AvgIpc) is 3.48. The SMILES string of the molecule is CCOc1ccc(NC(=O)[C@H]2[C@H]3C(=O)N(CCCO)C(C(=O)Nc4ccccc4Cl)C34CC(Br)[C@@H]2S4)cc1. The van der Waals surface area contributed by atoms with E-state index in [1.807, 2.05) is 6.92 Å². The van der Waals surface area contributed by atoms with Crippen LogP contribution in [0.3, 0.4) is 0 Å². The molecule has 3 fully saturated rings. The fourth-order valence-electron chi connectivity index (χ4n) is 6.00. The third kappa shape index (κ3) is 4.69. The third-order valence-corrected chi connectivity index (χ3v) is 11.0. The number of halogens is 2. The summed E-state index contributed by atoms with van der Waals surface area (Å²) in [6.45, 7) is 2.56. The predicted molar refractivity (Wildman–Crippen MR) is 152 cm³/mol. The van der Waals surface area contributed by atoms with Crippen LogP contribution in [0.2, 0.25) is 5.02 Å². The lowest BCUT2D eigenvalue weighted by atomic mass is 9.70. The second-order valence-corrected chi connectivity index (χ2v) is 12.8. The molecule has 2 aromatic carbocycles. The van der Waals surface area contributed by atoms with Gasteiger partial charge in [0.15, 0.2) is 0 Å². The standard InChI is InChI=1S/C27H29BrClN3O5S/c1-2-37-16-10-8-15(9-11-16)30-24(34)20-21-26(36)32(12-5-13-33)23(27(21)14-17(28)22(20)38-27)25(35)31-19-7-4-3-6-18(19)29/h3-4,6-11,17,20-23,33H,2,5,12-14H2,1H3,(H,30,34)(H,31,35)/t17?,20-,21-,22-,23?,27?/m0/s1. The van der Waals surface area contributed by atoms with Gasteiger partial charge in [0, 0.05) is 28.9 Å². The van der Waals surface area contributed by atoms with Gasteiger partial charge in [0.25, 0.3) is 0 Å². The van der Waals surface area contributed by atoms with Crippen molar-refractivity contribution in [3.63, 3.8) is 0 Å². The van der Waals surface area contributed by atoms with Crippen molar-refractivity contribution in [1.29, 1.82) is 0 Å². The average molecular weight is 623 g/mol. The molecule has 3 saturated heterocycles. The van der Waals surface area contributed by atoms with E-state index in [2.05, 4.69) is 26.6 Å². The Morgan fingerprint density at radius 1 is 1.18 bits per heavy atom. The molecule has 2 aromatic rings. The largest absolute Gasteiger partial charge is 0.494 e. The van der Waals surface area contributed by atoms with Crippen LogP contribution in [0.4, 0.5) is 11.4 Å². The van der Waals surface area contributed by atoms with Crippen molar-refractivity contribution in [2.24, 2.45) is 11.8 Å². The maximum Gasteiger partial charge on any atom is 0.248 e. The third-order valence-electron chi connectivity index (χ3n) is 7.46. The molecule has 38 heavy (non-hydrogen) atoms. The first-order valence-corrected chi connectivity index (χ1v) is 14.8. The topological polar surface area (TPSA) is 108 Å². The second kappa shape index (κ2) is 11.1. The van der Waals surface area contributed by atoms with Crippen molar-refractivity contribution >= 4 is 68.4 Å². The first kappa shape index (κ1) is 27.3. The zero-order valence-corrected chi connectivity index (χ0v) is 23.9. The summed E-state index contributed by atoms with van der Waals surface area (Å²) in [7, 11) is 0. The van der Waals surface area contributed by atoms with E-state index in [1.165, 1.54) is 0 Å². The molecule has 6 atom stereocenters. The lowest BCUT2D eigenvalue weighted by molar-refractivity contribution is -0.138. The van der Waals surface area contributed by atoms with E-state index in [0.29, 0.717) is 41.6 Å². The first-order valence-electron chi connectivity index (χ1n) is 12.6. The summed E-state index contributed by atoms with van der Waals surface area (Å²) in [5.41, 5.74) is 1.08. The van der Waals surface area contributed by atoms with Gasteiger partial charge in [0.1, 0.15) is 11.8 Å². The quantitative estimate of drug-likeness (QED) is 0.363. The van der Waals surface area contributed by atoms with Gasteiger partial charge in [-0.1, -0.05) is 39.7 Å². The highest BCUT2D eigenvalue weighted by atomic mass is 79.9.